The lowest BCUT2D eigenvalue weighted by molar-refractivity contribution is -0.114. The molecule has 0 fully saturated rings. The van der Waals surface area contributed by atoms with Gasteiger partial charge < -0.3 is 15.6 Å². The van der Waals surface area contributed by atoms with Crippen LogP contribution in [0.3, 0.4) is 0 Å². The number of nitrogens with zero attached hydrogens (tertiary/aromatic N) is 1. The van der Waals surface area contributed by atoms with Crippen molar-refractivity contribution in [1.82, 2.24) is 0 Å². The van der Waals surface area contributed by atoms with Crippen molar-refractivity contribution in [3.05, 3.63) is 29.3 Å². The molecule has 0 heterocycles. The molecule has 1 amide bonds. The number of phenolic OH excluding ortho intramolecular Hbond substituents is 1. The zero-order valence-electron chi connectivity index (χ0n) is 9.30. The molecule has 0 aromatic heterocycles. The summed E-state index contributed by atoms with van der Waals surface area (Å²) < 4.78 is 5.14. The minimum atomic E-state index is -0.805. The molecule has 5 heteroatoms. The van der Waals surface area contributed by atoms with E-state index in [4.69, 9.17) is 15.7 Å². The average molecular weight is 232 g/mol. The number of benzene rings is 1. The Hall–Kier alpha value is -2.48. The van der Waals surface area contributed by atoms with Crippen molar-refractivity contribution in [3.63, 3.8) is 0 Å². The molecule has 88 valence electrons. The van der Waals surface area contributed by atoms with E-state index in [1.54, 1.807) is 25.1 Å². The van der Waals surface area contributed by atoms with Crippen LogP contribution >= 0.6 is 0 Å². The third-order valence-corrected chi connectivity index (χ3v) is 1.98. The quantitative estimate of drug-likeness (QED) is 0.601. The van der Waals surface area contributed by atoms with Gasteiger partial charge in [-0.1, -0.05) is 6.07 Å². The predicted molar refractivity (Wildman–Crippen MR) is 62.1 cm³/mol. The number of hydrogen-bond acceptors (Lipinski definition) is 4. The first-order valence-electron chi connectivity index (χ1n) is 4.96. The second-order valence-corrected chi connectivity index (χ2v) is 3.19. The molecule has 3 N–H and O–H groups in total. The Kier molecular flexibility index (Phi) is 4.12. The van der Waals surface area contributed by atoms with Crippen LogP contribution in [0, 0.1) is 11.3 Å². The number of hydrogen-bond donors (Lipinski definition) is 2. The first kappa shape index (κ1) is 12.6. The van der Waals surface area contributed by atoms with Gasteiger partial charge in [0.25, 0.3) is 5.91 Å². The third kappa shape index (κ3) is 3.24. The molecular formula is C12H12N2O3. The highest BCUT2D eigenvalue weighted by molar-refractivity contribution is 6.00. The van der Waals surface area contributed by atoms with Gasteiger partial charge in [0, 0.05) is 0 Å². The van der Waals surface area contributed by atoms with Gasteiger partial charge >= 0.3 is 0 Å². The molecule has 0 aliphatic rings. The smallest absolute Gasteiger partial charge is 0.259 e. The molecule has 5 nitrogen and oxygen atoms in total. The maximum Gasteiger partial charge on any atom is 0.259 e. The molecule has 1 aromatic rings. The number of rotatable bonds is 4. The lowest BCUT2D eigenvalue weighted by atomic mass is 10.1. The van der Waals surface area contributed by atoms with Crippen molar-refractivity contribution in [2.75, 3.05) is 6.61 Å². The Labute approximate surface area is 98.7 Å². The molecule has 0 aliphatic carbocycles. The molecule has 0 saturated carbocycles. The van der Waals surface area contributed by atoms with E-state index in [1.807, 2.05) is 0 Å². The molecule has 0 bridgehead atoms. The van der Waals surface area contributed by atoms with E-state index in [2.05, 4.69) is 0 Å². The Morgan fingerprint density at radius 2 is 2.35 bits per heavy atom. The number of amides is 1. The van der Waals surface area contributed by atoms with Gasteiger partial charge in [-0.05, 0) is 30.7 Å². The van der Waals surface area contributed by atoms with Gasteiger partial charge in [0.15, 0.2) is 11.5 Å². The Morgan fingerprint density at radius 3 is 2.82 bits per heavy atom. The largest absolute Gasteiger partial charge is 0.504 e. The van der Waals surface area contributed by atoms with Crippen LogP contribution in [-0.4, -0.2) is 17.6 Å². The summed E-state index contributed by atoms with van der Waals surface area (Å²) in [6, 6.07) is 6.25. The highest BCUT2D eigenvalue weighted by Gasteiger charge is 2.06. The first-order chi connectivity index (χ1) is 8.08. The summed E-state index contributed by atoms with van der Waals surface area (Å²) in [5.74, 6) is -0.509. The van der Waals surface area contributed by atoms with E-state index in [9.17, 15) is 9.90 Å². The van der Waals surface area contributed by atoms with Gasteiger partial charge in [-0.3, -0.25) is 4.79 Å². The summed E-state index contributed by atoms with van der Waals surface area (Å²) in [7, 11) is 0. The molecule has 0 radical (unpaired) electrons. The first-order valence-corrected chi connectivity index (χ1v) is 4.96. The van der Waals surface area contributed by atoms with E-state index < -0.39 is 5.91 Å². The maximum atomic E-state index is 10.8. The molecule has 0 spiro atoms. The standard InChI is InChI=1S/C12H12N2O3/c1-2-17-11-4-3-8(6-10(11)15)5-9(7-13)12(14)16/h3-6,15H,2H2,1H3,(H2,14,16)/b9-5+. The van der Waals surface area contributed by atoms with Crippen LogP contribution < -0.4 is 10.5 Å². The van der Waals surface area contributed by atoms with Crippen molar-refractivity contribution in [3.8, 4) is 17.6 Å². The molecule has 1 aromatic carbocycles. The van der Waals surface area contributed by atoms with E-state index in [0.29, 0.717) is 17.9 Å². The van der Waals surface area contributed by atoms with Gasteiger partial charge in [0.2, 0.25) is 0 Å². The van der Waals surface area contributed by atoms with Crippen molar-refractivity contribution in [1.29, 1.82) is 5.26 Å². The summed E-state index contributed by atoms with van der Waals surface area (Å²) in [5.41, 5.74) is 5.32. The number of phenols is 1. The van der Waals surface area contributed by atoms with Gasteiger partial charge in [-0.15, -0.1) is 0 Å². The minimum absolute atomic E-state index is 0.0534. The molecule has 0 atom stereocenters. The van der Waals surface area contributed by atoms with E-state index in [-0.39, 0.29) is 11.3 Å². The van der Waals surface area contributed by atoms with Crippen molar-refractivity contribution < 1.29 is 14.6 Å². The Bertz CT molecular complexity index is 501. The zero-order chi connectivity index (χ0) is 12.8. The summed E-state index contributed by atoms with van der Waals surface area (Å²) in [5, 5.41) is 18.3. The van der Waals surface area contributed by atoms with E-state index in [0.717, 1.165) is 0 Å². The lowest BCUT2D eigenvalue weighted by Crippen LogP contribution is -2.12. The lowest BCUT2D eigenvalue weighted by Gasteiger charge is -2.05. The zero-order valence-corrected chi connectivity index (χ0v) is 9.30. The second kappa shape index (κ2) is 5.56. The fourth-order valence-corrected chi connectivity index (χ4v) is 1.23. The van der Waals surface area contributed by atoms with Crippen LogP contribution in [0.2, 0.25) is 0 Å². The number of aromatic hydroxyl groups is 1. The fraction of sp³-hybridized carbons (Fsp3) is 0.167. The summed E-state index contributed by atoms with van der Waals surface area (Å²) in [4.78, 5) is 10.8. The van der Waals surface area contributed by atoms with Crippen LogP contribution in [-0.2, 0) is 4.79 Å². The fourth-order valence-electron chi connectivity index (χ4n) is 1.23. The number of primary amides is 1. The molecule has 1 rings (SSSR count). The number of carbonyl (C=O) groups excluding carboxylic acids is 1. The summed E-state index contributed by atoms with van der Waals surface area (Å²) in [6.07, 6.45) is 1.30. The highest BCUT2D eigenvalue weighted by Crippen LogP contribution is 2.27. The van der Waals surface area contributed by atoms with Crippen LogP contribution in [0.25, 0.3) is 6.08 Å². The Morgan fingerprint density at radius 1 is 1.65 bits per heavy atom. The number of nitriles is 1. The van der Waals surface area contributed by atoms with Crippen LogP contribution in [0.5, 0.6) is 11.5 Å². The molecule has 17 heavy (non-hydrogen) atoms. The number of nitrogens with two attached hydrogens (primary N) is 1. The van der Waals surface area contributed by atoms with Crippen LogP contribution in [0.4, 0.5) is 0 Å². The topological polar surface area (TPSA) is 96.3 Å². The summed E-state index contributed by atoms with van der Waals surface area (Å²) in [6.45, 7) is 2.24. The second-order valence-electron chi connectivity index (χ2n) is 3.19. The summed E-state index contributed by atoms with van der Waals surface area (Å²) >= 11 is 0. The molecule has 0 unspecified atom stereocenters. The third-order valence-electron chi connectivity index (χ3n) is 1.98. The van der Waals surface area contributed by atoms with Crippen molar-refractivity contribution in [2.24, 2.45) is 5.73 Å². The SMILES string of the molecule is CCOc1ccc(/C=C(\C#N)C(N)=O)cc1O. The van der Waals surface area contributed by atoms with Crippen molar-refractivity contribution in [2.45, 2.75) is 6.92 Å². The monoisotopic (exact) mass is 232 g/mol. The van der Waals surface area contributed by atoms with Gasteiger partial charge in [-0.2, -0.15) is 5.26 Å². The number of ether oxygens (including phenoxy) is 1. The van der Waals surface area contributed by atoms with E-state index in [1.165, 1.54) is 12.1 Å². The van der Waals surface area contributed by atoms with Gasteiger partial charge in [0.1, 0.15) is 11.6 Å². The highest BCUT2D eigenvalue weighted by atomic mass is 16.5. The van der Waals surface area contributed by atoms with Crippen LogP contribution in [0.15, 0.2) is 23.8 Å². The van der Waals surface area contributed by atoms with E-state index >= 15 is 0 Å². The number of carbonyl (C=O) groups is 1. The van der Waals surface area contributed by atoms with Gasteiger partial charge in [-0.25, -0.2) is 0 Å². The van der Waals surface area contributed by atoms with Crippen LogP contribution in [0.1, 0.15) is 12.5 Å². The maximum absolute atomic E-state index is 10.8. The normalized spacial score (nSPS) is 10.7. The average Bonchev–Trinajstić information content (AvgIpc) is 2.29. The van der Waals surface area contributed by atoms with Crippen molar-refractivity contribution >= 4 is 12.0 Å². The molecular weight excluding hydrogens is 220 g/mol. The Balaban J connectivity index is 3.06. The predicted octanol–water partition coefficient (Wildman–Crippen LogP) is 1.18. The molecule has 0 aliphatic heterocycles. The minimum Gasteiger partial charge on any atom is -0.504 e. The molecule has 0 saturated heterocycles. The van der Waals surface area contributed by atoms with Gasteiger partial charge in [0.05, 0.1) is 6.61 Å².